The van der Waals surface area contributed by atoms with Crippen molar-refractivity contribution in [3.8, 4) is 0 Å². The molecule has 1 unspecified atom stereocenters. The lowest BCUT2D eigenvalue weighted by Crippen LogP contribution is -2.23. The first kappa shape index (κ1) is 14.9. The summed E-state index contributed by atoms with van der Waals surface area (Å²) in [7, 11) is 0. The van der Waals surface area contributed by atoms with E-state index in [0.717, 1.165) is 18.2 Å². The van der Waals surface area contributed by atoms with Gasteiger partial charge < -0.3 is 5.32 Å². The molecule has 0 spiro atoms. The van der Waals surface area contributed by atoms with Gasteiger partial charge in [0.2, 0.25) is 0 Å². The van der Waals surface area contributed by atoms with Crippen LogP contribution < -0.4 is 5.32 Å². The van der Waals surface area contributed by atoms with Gasteiger partial charge in [0.15, 0.2) is 0 Å². The molecule has 1 fully saturated rings. The summed E-state index contributed by atoms with van der Waals surface area (Å²) >= 11 is 1.92. The molecule has 1 aliphatic carbocycles. The Morgan fingerprint density at radius 2 is 1.84 bits per heavy atom. The van der Waals surface area contributed by atoms with Crippen molar-refractivity contribution in [1.29, 1.82) is 0 Å². The van der Waals surface area contributed by atoms with Gasteiger partial charge in [-0.15, -0.1) is 11.8 Å². The summed E-state index contributed by atoms with van der Waals surface area (Å²) in [5.74, 6) is 2.09. The average molecular weight is 277 g/mol. The minimum Gasteiger partial charge on any atom is -0.310 e. The average Bonchev–Trinajstić information content (AvgIpc) is 2.93. The van der Waals surface area contributed by atoms with Crippen LogP contribution in [0.3, 0.4) is 0 Å². The fourth-order valence-corrected chi connectivity index (χ4v) is 3.79. The van der Waals surface area contributed by atoms with Crippen molar-refractivity contribution in [2.24, 2.45) is 5.92 Å². The summed E-state index contributed by atoms with van der Waals surface area (Å²) in [6, 6.07) is 9.75. The smallest absolute Gasteiger partial charge is 0.0322 e. The highest BCUT2D eigenvalue weighted by Gasteiger charge is 2.20. The first-order valence-electron chi connectivity index (χ1n) is 7.79. The van der Waals surface area contributed by atoms with Crippen LogP contribution in [0.25, 0.3) is 0 Å². The van der Waals surface area contributed by atoms with E-state index in [9.17, 15) is 0 Å². The summed E-state index contributed by atoms with van der Waals surface area (Å²) in [6.45, 7) is 5.48. The Morgan fingerprint density at radius 3 is 2.42 bits per heavy atom. The summed E-state index contributed by atoms with van der Waals surface area (Å²) < 4.78 is 0. The van der Waals surface area contributed by atoms with Crippen LogP contribution in [0.15, 0.2) is 29.2 Å². The lowest BCUT2D eigenvalue weighted by molar-refractivity contribution is 0.400. The Morgan fingerprint density at radius 1 is 1.16 bits per heavy atom. The van der Waals surface area contributed by atoms with E-state index in [0.29, 0.717) is 6.04 Å². The molecule has 2 rings (SSSR count). The molecule has 0 heterocycles. The van der Waals surface area contributed by atoms with E-state index in [1.165, 1.54) is 42.6 Å². The second-order valence-corrected chi connectivity index (χ2v) is 6.84. The van der Waals surface area contributed by atoms with Gasteiger partial charge in [-0.3, -0.25) is 0 Å². The van der Waals surface area contributed by atoms with Crippen molar-refractivity contribution in [2.45, 2.75) is 56.9 Å². The van der Waals surface area contributed by atoms with Crippen LogP contribution in [-0.2, 0) is 0 Å². The summed E-state index contributed by atoms with van der Waals surface area (Å²) in [5, 5.41) is 3.67. The molecule has 1 nitrogen and oxygen atoms in total. The summed E-state index contributed by atoms with van der Waals surface area (Å²) in [4.78, 5) is 1.39. The fraction of sp³-hybridized carbons (Fsp3) is 0.647. The molecule has 1 atom stereocenters. The maximum Gasteiger partial charge on any atom is 0.0322 e. The van der Waals surface area contributed by atoms with E-state index in [4.69, 9.17) is 0 Å². The normalized spacial score (nSPS) is 17.8. The largest absolute Gasteiger partial charge is 0.310 e. The van der Waals surface area contributed by atoms with Gasteiger partial charge in [-0.1, -0.05) is 51.7 Å². The lowest BCUT2D eigenvalue weighted by Gasteiger charge is -2.22. The van der Waals surface area contributed by atoms with Crippen LogP contribution >= 0.6 is 11.8 Å². The number of hydrogen-bond donors (Lipinski definition) is 1. The van der Waals surface area contributed by atoms with Crippen LogP contribution in [0, 0.1) is 5.92 Å². The van der Waals surface area contributed by atoms with Crippen LogP contribution in [0.1, 0.15) is 57.6 Å². The number of benzene rings is 1. The predicted octanol–water partition coefficient (Wildman–Crippen LogP) is 5.03. The quantitative estimate of drug-likeness (QED) is 0.702. The van der Waals surface area contributed by atoms with Crippen LogP contribution in [0.4, 0.5) is 0 Å². The Labute approximate surface area is 122 Å². The van der Waals surface area contributed by atoms with E-state index >= 15 is 0 Å². The maximum atomic E-state index is 3.67. The van der Waals surface area contributed by atoms with Crippen LogP contribution in [-0.4, -0.2) is 12.3 Å². The highest BCUT2D eigenvalue weighted by molar-refractivity contribution is 7.99. The van der Waals surface area contributed by atoms with Crippen molar-refractivity contribution >= 4 is 11.8 Å². The molecule has 1 aliphatic rings. The van der Waals surface area contributed by atoms with Crippen molar-refractivity contribution in [1.82, 2.24) is 5.32 Å². The Balaban J connectivity index is 2.00. The molecule has 0 radical (unpaired) electrons. The highest BCUT2D eigenvalue weighted by Crippen LogP contribution is 2.33. The molecular weight excluding hydrogens is 250 g/mol. The minimum absolute atomic E-state index is 0.550. The number of rotatable bonds is 7. The zero-order valence-corrected chi connectivity index (χ0v) is 13.1. The molecular formula is C17H27NS. The van der Waals surface area contributed by atoms with E-state index in [-0.39, 0.29) is 0 Å². The van der Waals surface area contributed by atoms with Gasteiger partial charge in [-0.05, 0) is 42.3 Å². The van der Waals surface area contributed by atoms with Crippen LogP contribution in [0.5, 0.6) is 0 Å². The SMILES string of the molecule is CCNC(CC1CCCC1)c1ccc(SCC)cc1. The van der Waals surface area contributed by atoms with Gasteiger partial charge in [-0.25, -0.2) is 0 Å². The van der Waals surface area contributed by atoms with E-state index < -0.39 is 0 Å². The van der Waals surface area contributed by atoms with Crippen molar-refractivity contribution in [2.75, 3.05) is 12.3 Å². The molecule has 1 aromatic carbocycles. The van der Waals surface area contributed by atoms with Gasteiger partial charge in [0.25, 0.3) is 0 Å². The summed E-state index contributed by atoms with van der Waals surface area (Å²) in [5.41, 5.74) is 1.47. The molecule has 0 aliphatic heterocycles. The maximum absolute atomic E-state index is 3.67. The molecule has 1 aromatic rings. The van der Waals surface area contributed by atoms with Gasteiger partial charge in [0.1, 0.15) is 0 Å². The Kier molecular flexibility index (Phi) is 6.25. The first-order chi connectivity index (χ1) is 9.33. The van der Waals surface area contributed by atoms with Crippen molar-refractivity contribution in [3.05, 3.63) is 29.8 Å². The molecule has 19 heavy (non-hydrogen) atoms. The standard InChI is InChI=1S/C17H27NS/c1-3-18-17(13-14-7-5-6-8-14)15-9-11-16(12-10-15)19-4-2/h9-12,14,17-18H,3-8,13H2,1-2H3. The third kappa shape index (κ3) is 4.54. The zero-order chi connectivity index (χ0) is 13.5. The summed E-state index contributed by atoms with van der Waals surface area (Å²) in [6.07, 6.45) is 7.07. The van der Waals surface area contributed by atoms with Crippen molar-refractivity contribution < 1.29 is 0 Å². The Bertz CT molecular complexity index is 354. The molecule has 2 heteroatoms. The molecule has 0 aromatic heterocycles. The monoisotopic (exact) mass is 277 g/mol. The minimum atomic E-state index is 0.550. The zero-order valence-electron chi connectivity index (χ0n) is 12.3. The lowest BCUT2D eigenvalue weighted by atomic mass is 9.93. The predicted molar refractivity (Wildman–Crippen MR) is 85.8 cm³/mol. The number of hydrogen-bond acceptors (Lipinski definition) is 2. The topological polar surface area (TPSA) is 12.0 Å². The van der Waals surface area contributed by atoms with Gasteiger partial charge in [-0.2, -0.15) is 0 Å². The molecule has 0 amide bonds. The first-order valence-corrected chi connectivity index (χ1v) is 8.78. The van der Waals surface area contributed by atoms with Gasteiger partial charge in [0.05, 0.1) is 0 Å². The van der Waals surface area contributed by atoms with Gasteiger partial charge in [0, 0.05) is 10.9 Å². The molecule has 0 saturated heterocycles. The van der Waals surface area contributed by atoms with Gasteiger partial charge >= 0.3 is 0 Å². The second-order valence-electron chi connectivity index (χ2n) is 5.50. The third-order valence-electron chi connectivity index (χ3n) is 4.09. The molecule has 1 N–H and O–H groups in total. The third-order valence-corrected chi connectivity index (χ3v) is 4.98. The molecule has 1 saturated carbocycles. The molecule has 106 valence electrons. The van der Waals surface area contributed by atoms with E-state index in [2.05, 4.69) is 43.4 Å². The number of nitrogens with one attached hydrogen (secondary N) is 1. The highest BCUT2D eigenvalue weighted by atomic mass is 32.2. The van der Waals surface area contributed by atoms with E-state index in [1.54, 1.807) is 0 Å². The molecule has 0 bridgehead atoms. The van der Waals surface area contributed by atoms with Crippen LogP contribution in [0.2, 0.25) is 0 Å². The van der Waals surface area contributed by atoms with E-state index in [1.807, 2.05) is 11.8 Å². The fourth-order valence-electron chi connectivity index (χ4n) is 3.13. The number of thioether (sulfide) groups is 1. The second kappa shape index (κ2) is 7.96. The Hall–Kier alpha value is -0.470. The van der Waals surface area contributed by atoms with Crippen molar-refractivity contribution in [3.63, 3.8) is 0 Å².